The molecule has 0 fully saturated rings. The van der Waals surface area contributed by atoms with Gasteiger partial charge in [0.2, 0.25) is 0 Å². The topological polar surface area (TPSA) is 166 Å². The van der Waals surface area contributed by atoms with Gasteiger partial charge in [0, 0.05) is 18.2 Å². The van der Waals surface area contributed by atoms with Gasteiger partial charge in [-0.1, -0.05) is 6.07 Å². The lowest BCUT2D eigenvalue weighted by Gasteiger charge is -2.05. The highest BCUT2D eigenvalue weighted by Gasteiger charge is 2.20. The quantitative estimate of drug-likeness (QED) is 0.514. The first-order valence-electron chi connectivity index (χ1n) is 9.16. The molecule has 1 atom stereocenters. The van der Waals surface area contributed by atoms with Crippen molar-refractivity contribution in [3.05, 3.63) is 68.8 Å². The lowest BCUT2D eigenvalue weighted by molar-refractivity contribution is 0.0585. The van der Waals surface area contributed by atoms with E-state index >= 15 is 0 Å². The highest BCUT2D eigenvalue weighted by Crippen LogP contribution is 2.29. The molecule has 31 heavy (non-hydrogen) atoms. The number of aromatic amines is 1. The molecule has 11 heteroatoms. The van der Waals surface area contributed by atoms with Crippen LogP contribution in [0.15, 0.2) is 35.1 Å². The lowest BCUT2D eigenvalue weighted by Crippen LogP contribution is -2.14. The zero-order valence-electron chi connectivity index (χ0n) is 16.7. The first-order valence-corrected chi connectivity index (χ1v) is 9.16. The largest absolute Gasteiger partial charge is 0.477 e. The number of carboxylic acid groups (broad SMARTS) is 1. The Labute approximate surface area is 175 Å². The van der Waals surface area contributed by atoms with Crippen LogP contribution in [0.1, 0.15) is 54.9 Å². The number of aromatic nitrogens is 3. The molecule has 0 unspecified atom stereocenters. The number of ether oxygens (including phenoxy) is 2. The van der Waals surface area contributed by atoms with Crippen molar-refractivity contribution in [3.8, 4) is 0 Å². The van der Waals surface area contributed by atoms with Crippen molar-refractivity contribution in [2.75, 3.05) is 14.2 Å². The monoisotopic (exact) mass is 428 g/mol. The summed E-state index contributed by atoms with van der Waals surface area (Å²) in [4.78, 5) is 48.3. The Hall–Kier alpha value is -3.99. The Balaban J connectivity index is 0.000000179. The summed E-state index contributed by atoms with van der Waals surface area (Å²) in [6.07, 6.45) is 1.93. The van der Waals surface area contributed by atoms with Crippen LogP contribution in [-0.4, -0.2) is 51.8 Å². The number of carboxylic acids is 1. The van der Waals surface area contributed by atoms with Crippen LogP contribution in [-0.2, 0) is 15.9 Å². The number of aromatic carboxylic acids is 1. The van der Waals surface area contributed by atoms with Crippen molar-refractivity contribution in [3.63, 3.8) is 0 Å². The number of carbonyl (C=O) groups is 3. The summed E-state index contributed by atoms with van der Waals surface area (Å²) in [5, 5.41) is 11.1. The molecular weight excluding hydrogens is 408 g/mol. The predicted octanol–water partition coefficient (Wildman–Crippen LogP) is 0.927. The minimum absolute atomic E-state index is 0.0373. The molecule has 1 aliphatic carbocycles. The van der Waals surface area contributed by atoms with Gasteiger partial charge in [0.05, 0.1) is 19.8 Å². The van der Waals surface area contributed by atoms with Crippen LogP contribution in [0.25, 0.3) is 5.65 Å². The van der Waals surface area contributed by atoms with E-state index in [0.717, 1.165) is 42.2 Å². The molecule has 1 aliphatic rings. The van der Waals surface area contributed by atoms with Gasteiger partial charge in [-0.15, -0.1) is 0 Å². The van der Waals surface area contributed by atoms with Crippen molar-refractivity contribution in [2.24, 2.45) is 5.73 Å². The molecule has 3 aromatic rings. The van der Waals surface area contributed by atoms with E-state index in [2.05, 4.69) is 19.6 Å². The van der Waals surface area contributed by atoms with E-state index in [4.69, 9.17) is 10.8 Å². The van der Waals surface area contributed by atoms with E-state index in [0.29, 0.717) is 5.56 Å². The number of nitrogens with one attached hydrogen (secondary N) is 1. The number of hydrogen-bond acceptors (Lipinski definition) is 8. The van der Waals surface area contributed by atoms with Gasteiger partial charge in [0.15, 0.2) is 17.0 Å². The van der Waals surface area contributed by atoms with Crippen LogP contribution < -0.4 is 11.3 Å². The molecule has 0 saturated heterocycles. The second kappa shape index (κ2) is 8.79. The number of H-pyrrole nitrogens is 1. The fourth-order valence-corrected chi connectivity index (χ4v) is 3.26. The molecule has 4 N–H and O–H groups in total. The van der Waals surface area contributed by atoms with Crippen LogP contribution in [0.3, 0.4) is 0 Å². The molecule has 0 aliphatic heterocycles. The Kier molecular flexibility index (Phi) is 6.16. The Bertz CT molecular complexity index is 1230. The Morgan fingerprint density at radius 2 is 1.87 bits per heavy atom. The highest BCUT2D eigenvalue weighted by atomic mass is 16.5. The lowest BCUT2D eigenvalue weighted by atomic mass is 10.1. The van der Waals surface area contributed by atoms with E-state index in [1.54, 1.807) is 6.07 Å². The number of carbonyl (C=O) groups excluding carboxylic acids is 2. The molecule has 4 rings (SSSR count). The third-order valence-electron chi connectivity index (χ3n) is 4.76. The molecule has 0 bridgehead atoms. The average molecular weight is 428 g/mol. The van der Waals surface area contributed by atoms with E-state index in [9.17, 15) is 19.2 Å². The molecule has 0 spiro atoms. The maximum absolute atomic E-state index is 11.4. The molecule has 162 valence electrons. The summed E-state index contributed by atoms with van der Waals surface area (Å²) < 4.78 is 10.2. The highest BCUT2D eigenvalue weighted by molar-refractivity contribution is 5.93. The van der Waals surface area contributed by atoms with Gasteiger partial charge in [-0.25, -0.2) is 23.9 Å². The Morgan fingerprint density at radius 1 is 1.16 bits per heavy atom. The number of esters is 2. The number of hydrogen-bond donors (Lipinski definition) is 3. The van der Waals surface area contributed by atoms with E-state index in [1.807, 2.05) is 12.1 Å². The third-order valence-corrected chi connectivity index (χ3v) is 4.76. The van der Waals surface area contributed by atoms with Gasteiger partial charge in [-0.3, -0.25) is 9.89 Å². The van der Waals surface area contributed by atoms with Gasteiger partial charge in [0.25, 0.3) is 5.56 Å². The summed E-state index contributed by atoms with van der Waals surface area (Å²) in [6, 6.07) is 7.83. The maximum Gasteiger partial charge on any atom is 0.356 e. The second-order valence-electron chi connectivity index (χ2n) is 6.69. The summed E-state index contributed by atoms with van der Waals surface area (Å²) in [5.41, 5.74) is 7.93. The fourth-order valence-electron chi connectivity index (χ4n) is 3.26. The minimum Gasteiger partial charge on any atom is -0.477 e. The van der Waals surface area contributed by atoms with Gasteiger partial charge in [-0.2, -0.15) is 0 Å². The summed E-state index contributed by atoms with van der Waals surface area (Å²) >= 11 is 0. The first kappa shape index (κ1) is 21.7. The molecule has 1 aromatic carbocycles. The minimum atomic E-state index is -1.30. The predicted molar refractivity (Wildman–Crippen MR) is 107 cm³/mol. The van der Waals surface area contributed by atoms with Crippen LogP contribution >= 0.6 is 0 Å². The average Bonchev–Trinajstić information content (AvgIpc) is 3.33. The number of rotatable bonds is 3. The van der Waals surface area contributed by atoms with Crippen LogP contribution in [0.4, 0.5) is 0 Å². The second-order valence-corrected chi connectivity index (χ2v) is 6.69. The van der Waals surface area contributed by atoms with E-state index in [1.165, 1.54) is 12.7 Å². The van der Waals surface area contributed by atoms with Gasteiger partial charge < -0.3 is 20.3 Å². The van der Waals surface area contributed by atoms with Crippen LogP contribution in [0, 0.1) is 0 Å². The number of benzene rings is 1. The number of aryl methyl sites for hydroxylation is 1. The SMILES string of the molecule is COC(=O)c1cc(C(=O)O)nc2cc(=O)[nH]n12.COC(=O)c1ccc2c(c1)CC[C@@H]2N. The van der Waals surface area contributed by atoms with Gasteiger partial charge in [-0.05, 0) is 36.1 Å². The zero-order valence-corrected chi connectivity index (χ0v) is 16.7. The number of nitrogens with zero attached hydrogens (tertiary/aromatic N) is 2. The molecular formula is C20H20N4O7. The summed E-state index contributed by atoms with van der Waals surface area (Å²) in [6.45, 7) is 0. The Morgan fingerprint density at radius 3 is 2.52 bits per heavy atom. The van der Waals surface area contributed by atoms with Crippen molar-refractivity contribution in [2.45, 2.75) is 18.9 Å². The van der Waals surface area contributed by atoms with Gasteiger partial charge in [0.1, 0.15) is 0 Å². The normalized spacial score (nSPS) is 14.4. The van der Waals surface area contributed by atoms with Crippen LogP contribution in [0.5, 0.6) is 0 Å². The molecule has 0 saturated carbocycles. The number of nitrogens with two attached hydrogens (primary N) is 1. The van der Waals surface area contributed by atoms with Crippen molar-refractivity contribution in [1.29, 1.82) is 0 Å². The number of fused-ring (bicyclic) bond motifs is 2. The van der Waals surface area contributed by atoms with Crippen molar-refractivity contribution in [1.82, 2.24) is 14.6 Å². The molecule has 0 amide bonds. The van der Waals surface area contributed by atoms with Crippen molar-refractivity contribution >= 4 is 23.6 Å². The molecule has 2 heterocycles. The fraction of sp³-hybridized carbons (Fsp3) is 0.250. The molecule has 0 radical (unpaired) electrons. The molecule has 11 nitrogen and oxygen atoms in total. The van der Waals surface area contributed by atoms with Crippen LogP contribution in [0.2, 0.25) is 0 Å². The third kappa shape index (κ3) is 4.46. The standard InChI is InChI=1S/C11H13NO2.C9H7N3O5/c1-14-11(13)8-2-4-9-7(6-8)3-5-10(9)12;1-17-9(16)5-2-4(8(14)15)10-6-3-7(13)11-12(5)6/h2,4,6,10H,3,5,12H2,1H3;2-3H,1H3,(H,11,13)(H,14,15)/t10-;/m0./s1. The van der Waals surface area contributed by atoms with Crippen molar-refractivity contribution < 1.29 is 29.0 Å². The first-order chi connectivity index (χ1) is 14.7. The summed E-state index contributed by atoms with van der Waals surface area (Å²) in [5.74, 6) is -2.36. The van der Waals surface area contributed by atoms with E-state index < -0.39 is 17.5 Å². The number of methoxy groups -OCH3 is 2. The summed E-state index contributed by atoms with van der Waals surface area (Å²) in [7, 11) is 2.54. The van der Waals surface area contributed by atoms with Gasteiger partial charge >= 0.3 is 17.9 Å². The maximum atomic E-state index is 11.4. The van der Waals surface area contributed by atoms with E-state index in [-0.39, 0.29) is 29.0 Å². The zero-order chi connectivity index (χ0) is 22.7. The molecule has 2 aromatic heterocycles. The smallest absolute Gasteiger partial charge is 0.356 e.